The molecule has 6 nitrogen and oxygen atoms in total. The first kappa shape index (κ1) is 15.6. The summed E-state index contributed by atoms with van der Waals surface area (Å²) in [5, 5.41) is 10.3. The SMILES string of the molecule is NS(=O)(=O)c1cccc(Nc2ncc3c(n2)-c2ccsc2CS3)c1. The first-order valence-electron chi connectivity index (χ1n) is 6.97. The second kappa shape index (κ2) is 5.85. The highest BCUT2D eigenvalue weighted by molar-refractivity contribution is 7.98. The molecule has 122 valence electrons. The maximum Gasteiger partial charge on any atom is 0.238 e. The summed E-state index contributed by atoms with van der Waals surface area (Å²) < 4.78 is 22.9. The molecule has 0 unspecified atom stereocenters. The van der Waals surface area contributed by atoms with Crippen LogP contribution in [0.2, 0.25) is 0 Å². The third kappa shape index (κ3) is 2.91. The number of nitrogens with one attached hydrogen (secondary N) is 1. The molecule has 1 aliphatic heterocycles. The lowest BCUT2D eigenvalue weighted by Crippen LogP contribution is -2.12. The van der Waals surface area contributed by atoms with E-state index in [9.17, 15) is 8.42 Å². The summed E-state index contributed by atoms with van der Waals surface area (Å²) in [4.78, 5) is 11.3. The van der Waals surface area contributed by atoms with E-state index in [1.54, 1.807) is 41.4 Å². The van der Waals surface area contributed by atoms with Gasteiger partial charge < -0.3 is 5.32 Å². The van der Waals surface area contributed by atoms with Gasteiger partial charge in [-0.3, -0.25) is 0 Å². The number of anilines is 2. The van der Waals surface area contributed by atoms with Crippen LogP contribution in [0.3, 0.4) is 0 Å². The summed E-state index contributed by atoms with van der Waals surface area (Å²) in [6.07, 6.45) is 1.79. The van der Waals surface area contributed by atoms with Crippen LogP contribution in [0.4, 0.5) is 11.6 Å². The normalized spacial score (nSPS) is 13.2. The molecular formula is C15H12N4O2S3. The van der Waals surface area contributed by atoms with Crippen molar-refractivity contribution in [3.8, 4) is 11.3 Å². The Kier molecular flexibility index (Phi) is 3.80. The molecule has 4 rings (SSSR count). The molecule has 0 aliphatic carbocycles. The second-order valence-corrected chi connectivity index (χ2v) is 8.73. The van der Waals surface area contributed by atoms with Gasteiger partial charge in [-0.1, -0.05) is 6.07 Å². The van der Waals surface area contributed by atoms with E-state index in [-0.39, 0.29) is 4.90 Å². The van der Waals surface area contributed by atoms with Gasteiger partial charge in [0.25, 0.3) is 0 Å². The van der Waals surface area contributed by atoms with E-state index in [2.05, 4.69) is 26.7 Å². The Bertz CT molecular complexity index is 1030. The molecule has 2 aromatic heterocycles. The van der Waals surface area contributed by atoms with Gasteiger partial charge in [-0.15, -0.1) is 23.1 Å². The van der Waals surface area contributed by atoms with Crippen molar-refractivity contribution in [3.63, 3.8) is 0 Å². The van der Waals surface area contributed by atoms with Crippen LogP contribution < -0.4 is 10.5 Å². The number of benzene rings is 1. The van der Waals surface area contributed by atoms with E-state index in [0.717, 1.165) is 21.9 Å². The summed E-state index contributed by atoms with van der Waals surface area (Å²) in [7, 11) is -3.75. The molecule has 0 fully saturated rings. The molecule has 0 atom stereocenters. The first-order chi connectivity index (χ1) is 11.5. The minimum atomic E-state index is -3.75. The number of thioether (sulfide) groups is 1. The van der Waals surface area contributed by atoms with Gasteiger partial charge in [0.15, 0.2) is 0 Å². The van der Waals surface area contributed by atoms with Crippen LogP contribution in [0.1, 0.15) is 4.88 Å². The van der Waals surface area contributed by atoms with E-state index in [4.69, 9.17) is 5.14 Å². The Morgan fingerprint density at radius 2 is 2.12 bits per heavy atom. The molecular weight excluding hydrogens is 364 g/mol. The maximum atomic E-state index is 11.5. The fraction of sp³-hybridized carbons (Fsp3) is 0.0667. The van der Waals surface area contributed by atoms with E-state index in [1.165, 1.54) is 17.0 Å². The number of fused-ring (bicyclic) bond motifs is 3. The zero-order valence-electron chi connectivity index (χ0n) is 12.3. The van der Waals surface area contributed by atoms with Gasteiger partial charge in [-0.2, -0.15) is 0 Å². The van der Waals surface area contributed by atoms with Gasteiger partial charge >= 0.3 is 0 Å². The standard InChI is InChI=1S/C15H12N4O2S3/c16-24(20,21)10-3-1-2-9(6-10)18-15-17-7-12-14(19-15)11-4-5-22-13(11)8-23-12/h1-7H,8H2,(H2,16,20,21)(H,17,18,19). The number of aromatic nitrogens is 2. The van der Waals surface area contributed by atoms with Crippen molar-refractivity contribution in [3.05, 3.63) is 46.8 Å². The zero-order chi connectivity index (χ0) is 16.7. The average Bonchev–Trinajstić information content (AvgIpc) is 3.03. The molecule has 3 N–H and O–H groups in total. The molecule has 9 heteroatoms. The van der Waals surface area contributed by atoms with Gasteiger partial charge in [0.2, 0.25) is 16.0 Å². The average molecular weight is 376 g/mol. The number of hydrogen-bond acceptors (Lipinski definition) is 7. The summed E-state index contributed by atoms with van der Waals surface area (Å²) in [5.41, 5.74) is 2.61. The highest BCUT2D eigenvalue weighted by Gasteiger charge is 2.20. The van der Waals surface area contributed by atoms with Crippen LogP contribution in [0.5, 0.6) is 0 Å². The van der Waals surface area contributed by atoms with Crippen molar-refractivity contribution in [2.75, 3.05) is 5.32 Å². The molecule has 0 radical (unpaired) electrons. The van der Waals surface area contributed by atoms with Crippen LogP contribution in [0, 0.1) is 0 Å². The quantitative estimate of drug-likeness (QED) is 0.728. The molecule has 0 amide bonds. The van der Waals surface area contributed by atoms with Crippen molar-refractivity contribution in [2.45, 2.75) is 15.5 Å². The predicted octanol–water partition coefficient (Wildman–Crippen LogP) is 3.20. The third-order valence-corrected chi connectivity index (χ3v) is 6.59. The van der Waals surface area contributed by atoms with Gasteiger partial charge in [0.05, 0.1) is 15.5 Å². The fourth-order valence-electron chi connectivity index (χ4n) is 2.42. The molecule has 3 heterocycles. The van der Waals surface area contributed by atoms with Crippen molar-refractivity contribution in [1.29, 1.82) is 0 Å². The van der Waals surface area contributed by atoms with Crippen molar-refractivity contribution < 1.29 is 8.42 Å². The van der Waals surface area contributed by atoms with Crippen LogP contribution in [0.25, 0.3) is 11.3 Å². The Labute approximate surface area is 147 Å². The lowest BCUT2D eigenvalue weighted by molar-refractivity contribution is 0.598. The number of rotatable bonds is 3. The number of sulfonamides is 1. The third-order valence-electron chi connectivity index (χ3n) is 3.53. The van der Waals surface area contributed by atoms with Crippen LogP contribution in [-0.4, -0.2) is 18.4 Å². The van der Waals surface area contributed by atoms with Gasteiger partial charge in [0.1, 0.15) is 0 Å². The molecule has 1 aliphatic rings. The van der Waals surface area contributed by atoms with Gasteiger partial charge in [-0.25, -0.2) is 23.5 Å². The zero-order valence-corrected chi connectivity index (χ0v) is 14.7. The molecule has 24 heavy (non-hydrogen) atoms. The highest BCUT2D eigenvalue weighted by Crippen LogP contribution is 2.42. The lowest BCUT2D eigenvalue weighted by atomic mass is 10.2. The Balaban J connectivity index is 1.69. The number of nitrogens with zero attached hydrogens (tertiary/aromatic N) is 2. The molecule has 1 aromatic carbocycles. The first-order valence-corrected chi connectivity index (χ1v) is 10.4. The van der Waals surface area contributed by atoms with Crippen molar-refractivity contribution in [2.24, 2.45) is 5.14 Å². The molecule has 0 saturated heterocycles. The topological polar surface area (TPSA) is 98.0 Å². The minimum absolute atomic E-state index is 0.0427. The lowest BCUT2D eigenvalue weighted by Gasteiger charge is -2.15. The number of nitrogens with two attached hydrogens (primary N) is 1. The molecule has 0 bridgehead atoms. The number of thiophene rings is 1. The van der Waals surface area contributed by atoms with Crippen LogP contribution in [0.15, 0.2) is 51.7 Å². The summed E-state index contributed by atoms with van der Waals surface area (Å²) in [6.45, 7) is 0. The minimum Gasteiger partial charge on any atom is -0.324 e. The highest BCUT2D eigenvalue weighted by atomic mass is 32.2. The van der Waals surface area contributed by atoms with E-state index < -0.39 is 10.0 Å². The number of hydrogen-bond donors (Lipinski definition) is 2. The fourth-order valence-corrected chi connectivity index (χ4v) is 4.95. The Morgan fingerprint density at radius 3 is 2.96 bits per heavy atom. The largest absolute Gasteiger partial charge is 0.324 e. The molecule has 3 aromatic rings. The smallest absolute Gasteiger partial charge is 0.238 e. The summed E-state index contributed by atoms with van der Waals surface area (Å²) in [5.74, 6) is 1.35. The van der Waals surface area contributed by atoms with Crippen LogP contribution >= 0.6 is 23.1 Å². The molecule has 0 spiro atoms. The maximum absolute atomic E-state index is 11.5. The predicted molar refractivity (Wildman–Crippen MR) is 96.0 cm³/mol. The summed E-state index contributed by atoms with van der Waals surface area (Å²) in [6, 6.07) is 8.33. The summed E-state index contributed by atoms with van der Waals surface area (Å²) >= 11 is 3.44. The van der Waals surface area contributed by atoms with E-state index in [0.29, 0.717) is 11.6 Å². The van der Waals surface area contributed by atoms with Crippen molar-refractivity contribution >= 4 is 44.8 Å². The second-order valence-electron chi connectivity index (χ2n) is 5.15. The van der Waals surface area contributed by atoms with Crippen LogP contribution in [-0.2, 0) is 15.8 Å². The Morgan fingerprint density at radius 1 is 1.25 bits per heavy atom. The van der Waals surface area contributed by atoms with E-state index in [1.807, 2.05) is 0 Å². The Hall–Kier alpha value is -1.94. The van der Waals surface area contributed by atoms with E-state index >= 15 is 0 Å². The monoisotopic (exact) mass is 376 g/mol. The van der Waals surface area contributed by atoms with Gasteiger partial charge in [0, 0.05) is 28.1 Å². The van der Waals surface area contributed by atoms with Gasteiger partial charge in [-0.05, 0) is 29.6 Å². The number of primary sulfonamides is 1. The molecule has 0 saturated carbocycles. The van der Waals surface area contributed by atoms with Crippen molar-refractivity contribution in [1.82, 2.24) is 9.97 Å².